The Morgan fingerprint density at radius 3 is 1.97 bits per heavy atom. The van der Waals surface area contributed by atoms with Crippen LogP contribution in [-0.2, 0) is 9.53 Å². The molecule has 0 heterocycles. The molecule has 0 aliphatic rings. The standard InChI is InChI=1S/C23H20N2O5/c1-15(22(27)25-18-11-7-16(8-12-18)21(24)26)29-23(28)17-9-13-20(14-10-17)30-19-5-3-2-4-6-19/h2-15H,1H3,(H2,24,26)(H,25,27)/t15-/m1/s1. The van der Waals surface area contributed by atoms with Gasteiger partial charge >= 0.3 is 5.97 Å². The van der Waals surface area contributed by atoms with Gasteiger partial charge in [0, 0.05) is 11.3 Å². The van der Waals surface area contributed by atoms with E-state index in [4.69, 9.17) is 15.2 Å². The van der Waals surface area contributed by atoms with Crippen molar-refractivity contribution in [3.05, 3.63) is 90.0 Å². The van der Waals surface area contributed by atoms with Crippen molar-refractivity contribution in [2.45, 2.75) is 13.0 Å². The molecule has 3 N–H and O–H groups in total. The van der Waals surface area contributed by atoms with E-state index in [1.807, 2.05) is 30.3 Å². The molecule has 0 aromatic heterocycles. The third-order valence-corrected chi connectivity index (χ3v) is 4.16. The van der Waals surface area contributed by atoms with Gasteiger partial charge in [-0.1, -0.05) is 18.2 Å². The summed E-state index contributed by atoms with van der Waals surface area (Å²) in [5, 5.41) is 2.61. The van der Waals surface area contributed by atoms with Crippen LogP contribution in [0.3, 0.4) is 0 Å². The Morgan fingerprint density at radius 1 is 0.800 bits per heavy atom. The summed E-state index contributed by atoms with van der Waals surface area (Å²) >= 11 is 0. The molecule has 0 aliphatic heterocycles. The van der Waals surface area contributed by atoms with Crippen LogP contribution >= 0.6 is 0 Å². The number of nitrogens with one attached hydrogen (secondary N) is 1. The maximum Gasteiger partial charge on any atom is 0.338 e. The number of rotatable bonds is 7. The molecule has 0 radical (unpaired) electrons. The van der Waals surface area contributed by atoms with Crippen molar-refractivity contribution in [1.29, 1.82) is 0 Å². The second-order valence-electron chi connectivity index (χ2n) is 6.42. The molecule has 0 unspecified atom stereocenters. The molecule has 30 heavy (non-hydrogen) atoms. The number of anilines is 1. The molecule has 3 aromatic rings. The van der Waals surface area contributed by atoms with Gasteiger partial charge in [-0.25, -0.2) is 4.79 Å². The lowest BCUT2D eigenvalue weighted by molar-refractivity contribution is -0.123. The Bertz CT molecular complexity index is 1030. The van der Waals surface area contributed by atoms with Crippen molar-refractivity contribution in [1.82, 2.24) is 0 Å². The normalized spacial score (nSPS) is 11.2. The zero-order valence-electron chi connectivity index (χ0n) is 16.2. The molecular weight excluding hydrogens is 384 g/mol. The number of esters is 1. The van der Waals surface area contributed by atoms with Gasteiger partial charge in [0.25, 0.3) is 5.91 Å². The van der Waals surface area contributed by atoms with Crippen LogP contribution in [0.2, 0.25) is 0 Å². The first-order chi connectivity index (χ1) is 14.4. The van der Waals surface area contributed by atoms with Gasteiger partial charge < -0.3 is 20.5 Å². The summed E-state index contributed by atoms with van der Waals surface area (Å²) < 4.78 is 10.9. The summed E-state index contributed by atoms with van der Waals surface area (Å²) in [5.74, 6) is -0.438. The molecule has 0 fully saturated rings. The lowest BCUT2D eigenvalue weighted by atomic mass is 10.2. The summed E-state index contributed by atoms with van der Waals surface area (Å²) in [7, 11) is 0. The van der Waals surface area contributed by atoms with E-state index in [0.717, 1.165) is 0 Å². The summed E-state index contributed by atoms with van der Waals surface area (Å²) in [6.07, 6.45) is -1.02. The highest BCUT2D eigenvalue weighted by molar-refractivity contribution is 5.98. The van der Waals surface area contributed by atoms with Gasteiger partial charge in [0.1, 0.15) is 11.5 Å². The van der Waals surface area contributed by atoms with E-state index in [0.29, 0.717) is 28.3 Å². The summed E-state index contributed by atoms with van der Waals surface area (Å²) in [6, 6.07) is 21.7. The number of nitrogens with two attached hydrogens (primary N) is 1. The number of carbonyl (C=O) groups excluding carboxylic acids is 3. The highest BCUT2D eigenvalue weighted by Crippen LogP contribution is 2.21. The van der Waals surface area contributed by atoms with Crippen LogP contribution in [-0.4, -0.2) is 23.9 Å². The van der Waals surface area contributed by atoms with Crippen molar-refractivity contribution in [2.24, 2.45) is 5.73 Å². The molecule has 0 spiro atoms. The maximum absolute atomic E-state index is 12.3. The molecule has 7 nitrogen and oxygen atoms in total. The number of benzene rings is 3. The minimum absolute atomic E-state index is 0.292. The van der Waals surface area contributed by atoms with Gasteiger partial charge in [-0.2, -0.15) is 0 Å². The van der Waals surface area contributed by atoms with Gasteiger partial charge in [0.05, 0.1) is 5.56 Å². The van der Waals surface area contributed by atoms with Gasteiger partial charge in [0.15, 0.2) is 6.10 Å². The monoisotopic (exact) mass is 404 g/mol. The Kier molecular flexibility index (Phi) is 6.44. The number of hydrogen-bond acceptors (Lipinski definition) is 5. The average molecular weight is 404 g/mol. The van der Waals surface area contributed by atoms with Crippen molar-refractivity contribution >= 4 is 23.5 Å². The van der Waals surface area contributed by atoms with Crippen molar-refractivity contribution in [3.8, 4) is 11.5 Å². The van der Waals surface area contributed by atoms with E-state index >= 15 is 0 Å². The minimum Gasteiger partial charge on any atom is -0.457 e. The smallest absolute Gasteiger partial charge is 0.338 e. The Labute approximate surface area is 173 Å². The molecular formula is C23H20N2O5. The summed E-state index contributed by atoms with van der Waals surface area (Å²) in [5.41, 5.74) is 6.25. The van der Waals surface area contributed by atoms with Gasteiger partial charge in [-0.3, -0.25) is 9.59 Å². The molecule has 0 saturated carbocycles. The zero-order valence-corrected chi connectivity index (χ0v) is 16.2. The molecule has 1 atom stereocenters. The lowest BCUT2D eigenvalue weighted by Gasteiger charge is -2.14. The first-order valence-corrected chi connectivity index (χ1v) is 9.17. The Hall–Kier alpha value is -4.13. The van der Waals surface area contributed by atoms with Crippen LogP contribution in [0.5, 0.6) is 11.5 Å². The van der Waals surface area contributed by atoms with E-state index in [9.17, 15) is 14.4 Å². The number of amides is 2. The zero-order chi connectivity index (χ0) is 21.5. The summed E-state index contributed by atoms with van der Waals surface area (Å²) in [4.78, 5) is 35.6. The van der Waals surface area contributed by atoms with Crippen LogP contribution in [0.1, 0.15) is 27.6 Å². The third kappa shape index (κ3) is 5.45. The fourth-order valence-electron chi connectivity index (χ4n) is 2.53. The molecule has 3 rings (SSSR count). The average Bonchev–Trinajstić information content (AvgIpc) is 2.75. The Morgan fingerprint density at radius 2 is 1.37 bits per heavy atom. The number of primary amides is 1. The largest absolute Gasteiger partial charge is 0.457 e. The van der Waals surface area contributed by atoms with E-state index in [1.165, 1.54) is 31.2 Å². The predicted octanol–water partition coefficient (Wildman–Crippen LogP) is 3.76. The highest BCUT2D eigenvalue weighted by Gasteiger charge is 2.19. The van der Waals surface area contributed by atoms with Crippen LogP contribution < -0.4 is 15.8 Å². The topological polar surface area (TPSA) is 108 Å². The van der Waals surface area contributed by atoms with E-state index < -0.39 is 23.9 Å². The Balaban J connectivity index is 1.55. The van der Waals surface area contributed by atoms with E-state index in [-0.39, 0.29) is 0 Å². The third-order valence-electron chi connectivity index (χ3n) is 4.16. The molecule has 0 bridgehead atoms. The van der Waals surface area contributed by atoms with Gasteiger partial charge in [0.2, 0.25) is 5.91 Å². The van der Waals surface area contributed by atoms with E-state index in [2.05, 4.69) is 5.32 Å². The maximum atomic E-state index is 12.3. The fourth-order valence-corrected chi connectivity index (χ4v) is 2.53. The van der Waals surface area contributed by atoms with Gasteiger partial charge in [-0.05, 0) is 67.6 Å². The quantitative estimate of drug-likeness (QED) is 0.583. The second kappa shape index (κ2) is 9.38. The van der Waals surface area contributed by atoms with Crippen LogP contribution in [0.25, 0.3) is 0 Å². The number of carbonyl (C=O) groups is 3. The van der Waals surface area contributed by atoms with Crippen molar-refractivity contribution < 1.29 is 23.9 Å². The highest BCUT2D eigenvalue weighted by atomic mass is 16.5. The fraction of sp³-hybridized carbons (Fsp3) is 0.0870. The SMILES string of the molecule is C[C@@H](OC(=O)c1ccc(Oc2ccccc2)cc1)C(=O)Nc1ccc(C(N)=O)cc1. The predicted molar refractivity (Wildman–Crippen MR) is 111 cm³/mol. The molecule has 0 saturated heterocycles. The lowest BCUT2D eigenvalue weighted by Crippen LogP contribution is -2.30. The minimum atomic E-state index is -1.02. The van der Waals surface area contributed by atoms with Crippen molar-refractivity contribution in [2.75, 3.05) is 5.32 Å². The first kappa shape index (κ1) is 20.6. The second-order valence-corrected chi connectivity index (χ2v) is 6.42. The first-order valence-electron chi connectivity index (χ1n) is 9.17. The molecule has 0 aliphatic carbocycles. The molecule has 2 amide bonds. The van der Waals surface area contributed by atoms with Crippen LogP contribution in [0.4, 0.5) is 5.69 Å². The number of hydrogen-bond donors (Lipinski definition) is 2. The summed E-state index contributed by atoms with van der Waals surface area (Å²) in [6.45, 7) is 1.47. The molecule has 7 heteroatoms. The number of ether oxygens (including phenoxy) is 2. The molecule has 3 aromatic carbocycles. The van der Waals surface area contributed by atoms with Gasteiger partial charge in [-0.15, -0.1) is 0 Å². The van der Waals surface area contributed by atoms with E-state index in [1.54, 1.807) is 24.3 Å². The molecule has 152 valence electrons. The van der Waals surface area contributed by atoms with Crippen LogP contribution in [0.15, 0.2) is 78.9 Å². The van der Waals surface area contributed by atoms with Crippen LogP contribution in [0, 0.1) is 0 Å². The number of para-hydroxylation sites is 1. The van der Waals surface area contributed by atoms with Crippen molar-refractivity contribution in [3.63, 3.8) is 0 Å².